The van der Waals surface area contributed by atoms with Crippen molar-refractivity contribution >= 4 is 11.0 Å². The molecule has 0 aromatic carbocycles. The van der Waals surface area contributed by atoms with Gasteiger partial charge in [-0.1, -0.05) is 0 Å². The zero-order chi connectivity index (χ0) is 12.4. The van der Waals surface area contributed by atoms with E-state index in [4.69, 9.17) is 5.11 Å². The molecule has 3 rings (SSSR count). The summed E-state index contributed by atoms with van der Waals surface area (Å²) in [5, 5.41) is 13.9. The predicted molar refractivity (Wildman–Crippen MR) is 66.0 cm³/mol. The van der Waals surface area contributed by atoms with Gasteiger partial charge in [-0.25, -0.2) is 9.97 Å². The van der Waals surface area contributed by atoms with Crippen LogP contribution in [0.3, 0.4) is 0 Å². The third-order valence-electron chi connectivity index (χ3n) is 2.75. The van der Waals surface area contributed by atoms with E-state index in [1.165, 1.54) is 6.33 Å². The van der Waals surface area contributed by atoms with E-state index in [-0.39, 0.29) is 0 Å². The van der Waals surface area contributed by atoms with Crippen LogP contribution in [0.5, 0.6) is 0 Å². The van der Waals surface area contributed by atoms with Crippen LogP contribution in [0, 0.1) is 6.61 Å². The number of aryl methyl sites for hydroxylation is 1. The van der Waals surface area contributed by atoms with Crippen molar-refractivity contribution in [3.8, 4) is 11.3 Å². The maximum atomic E-state index is 8.67. The molecule has 3 aromatic heterocycles. The van der Waals surface area contributed by atoms with Crippen molar-refractivity contribution in [2.45, 2.75) is 13.0 Å². The highest BCUT2D eigenvalue weighted by molar-refractivity contribution is 5.89. The van der Waals surface area contributed by atoms with Crippen LogP contribution in [0.2, 0.25) is 0 Å². The van der Waals surface area contributed by atoms with E-state index in [0.29, 0.717) is 13.0 Å². The third-order valence-corrected chi connectivity index (χ3v) is 2.75. The summed E-state index contributed by atoms with van der Waals surface area (Å²) in [5.41, 5.74) is 2.62. The molecular weight excluding hydrogens is 230 g/mol. The maximum Gasteiger partial charge on any atom is 0.141 e. The van der Waals surface area contributed by atoms with Crippen molar-refractivity contribution in [2.24, 2.45) is 0 Å². The normalized spacial score (nSPS) is 11.2. The Morgan fingerprint density at radius 1 is 1.39 bits per heavy atom. The van der Waals surface area contributed by atoms with Gasteiger partial charge >= 0.3 is 0 Å². The van der Waals surface area contributed by atoms with Crippen molar-refractivity contribution in [3.05, 3.63) is 37.6 Å². The zero-order valence-electron chi connectivity index (χ0n) is 9.61. The third kappa shape index (κ3) is 1.86. The number of aliphatic hydroxyl groups is 1. The topological polar surface area (TPSA) is 79.6 Å². The first kappa shape index (κ1) is 10.9. The van der Waals surface area contributed by atoms with E-state index in [0.717, 1.165) is 28.9 Å². The Bertz CT molecular complexity index is 657. The van der Waals surface area contributed by atoms with Crippen LogP contribution in [0.15, 0.2) is 31.0 Å². The number of hydrogen-bond acceptors (Lipinski definition) is 4. The number of hydrogen-bond donors (Lipinski definition) is 2. The Morgan fingerprint density at radius 2 is 2.33 bits per heavy atom. The van der Waals surface area contributed by atoms with Crippen LogP contribution in [0.4, 0.5) is 0 Å². The van der Waals surface area contributed by atoms with Gasteiger partial charge in [-0.2, -0.15) is 5.10 Å². The molecule has 0 unspecified atom stereocenters. The average molecular weight is 242 g/mol. The monoisotopic (exact) mass is 242 g/mol. The number of nitrogens with one attached hydrogen (secondary N) is 1. The Morgan fingerprint density at radius 3 is 3.22 bits per heavy atom. The lowest BCUT2D eigenvalue weighted by Gasteiger charge is -1.98. The second kappa shape index (κ2) is 4.58. The van der Waals surface area contributed by atoms with Crippen LogP contribution >= 0.6 is 0 Å². The second-order valence-electron chi connectivity index (χ2n) is 3.93. The highest BCUT2D eigenvalue weighted by Crippen LogP contribution is 2.23. The SMILES string of the molecule is O[CH]CCn1cc(-c2ncnc3[nH]ccc23)cn1. The van der Waals surface area contributed by atoms with Gasteiger partial charge < -0.3 is 10.1 Å². The molecule has 0 saturated carbocycles. The molecule has 6 nitrogen and oxygen atoms in total. The van der Waals surface area contributed by atoms with E-state index in [1.54, 1.807) is 10.9 Å². The van der Waals surface area contributed by atoms with Gasteiger partial charge in [-0.05, 0) is 12.5 Å². The van der Waals surface area contributed by atoms with Gasteiger partial charge in [0, 0.05) is 29.9 Å². The van der Waals surface area contributed by atoms with Gasteiger partial charge in [0.1, 0.15) is 12.0 Å². The first-order valence-electron chi connectivity index (χ1n) is 5.65. The zero-order valence-corrected chi connectivity index (χ0v) is 9.61. The standard InChI is InChI=1S/C12H12N5O/c18-5-1-4-17-7-9(6-16-17)11-10-2-3-13-12(10)15-8-14-11/h2-3,5-8,18H,1,4H2,(H,13,14,15). The van der Waals surface area contributed by atoms with E-state index in [2.05, 4.69) is 20.1 Å². The number of H-pyrrole nitrogens is 1. The molecule has 0 aliphatic heterocycles. The molecule has 3 aromatic rings. The molecule has 2 N–H and O–H groups in total. The first-order valence-corrected chi connectivity index (χ1v) is 5.65. The predicted octanol–water partition coefficient (Wildman–Crippen LogP) is 1.75. The Hall–Kier alpha value is -2.21. The molecule has 0 spiro atoms. The molecule has 0 amide bonds. The molecule has 6 heteroatoms. The summed E-state index contributed by atoms with van der Waals surface area (Å²) in [7, 11) is 0. The van der Waals surface area contributed by atoms with Crippen LogP contribution in [0.1, 0.15) is 6.42 Å². The van der Waals surface area contributed by atoms with Gasteiger partial charge in [-0.15, -0.1) is 0 Å². The van der Waals surface area contributed by atoms with Crippen molar-refractivity contribution in [3.63, 3.8) is 0 Å². The number of aromatic nitrogens is 5. The average Bonchev–Trinajstić information content (AvgIpc) is 3.04. The quantitative estimate of drug-likeness (QED) is 0.730. The van der Waals surface area contributed by atoms with Crippen molar-refractivity contribution in [1.82, 2.24) is 24.7 Å². The molecule has 0 saturated heterocycles. The summed E-state index contributed by atoms with van der Waals surface area (Å²) in [6.07, 6.45) is 7.63. The van der Waals surface area contributed by atoms with E-state index in [9.17, 15) is 0 Å². The Kier molecular flexibility index (Phi) is 2.77. The fourth-order valence-electron chi connectivity index (χ4n) is 1.90. The van der Waals surface area contributed by atoms with E-state index < -0.39 is 0 Å². The molecule has 0 atom stereocenters. The lowest BCUT2D eigenvalue weighted by Crippen LogP contribution is -1.97. The van der Waals surface area contributed by atoms with Gasteiger partial charge in [0.05, 0.1) is 18.5 Å². The molecule has 18 heavy (non-hydrogen) atoms. The summed E-state index contributed by atoms with van der Waals surface area (Å²) in [4.78, 5) is 11.5. The van der Waals surface area contributed by atoms with Crippen molar-refractivity contribution < 1.29 is 5.11 Å². The summed E-state index contributed by atoms with van der Waals surface area (Å²) < 4.78 is 1.78. The molecule has 0 bridgehead atoms. The molecule has 91 valence electrons. The van der Waals surface area contributed by atoms with Gasteiger partial charge in [0.25, 0.3) is 0 Å². The Labute approximate surface area is 103 Å². The molecule has 3 heterocycles. The number of fused-ring (bicyclic) bond motifs is 1. The summed E-state index contributed by atoms with van der Waals surface area (Å²) in [5.74, 6) is 0. The van der Waals surface area contributed by atoms with Crippen LogP contribution in [0.25, 0.3) is 22.3 Å². The minimum absolute atomic E-state index is 0.574. The van der Waals surface area contributed by atoms with E-state index in [1.807, 2.05) is 18.5 Å². The fraction of sp³-hybridized carbons (Fsp3) is 0.167. The molecule has 0 aliphatic carbocycles. The number of aromatic amines is 1. The highest BCUT2D eigenvalue weighted by Gasteiger charge is 2.08. The summed E-state index contributed by atoms with van der Waals surface area (Å²) >= 11 is 0. The van der Waals surface area contributed by atoms with Crippen molar-refractivity contribution in [2.75, 3.05) is 0 Å². The smallest absolute Gasteiger partial charge is 0.141 e. The molecule has 0 fully saturated rings. The summed E-state index contributed by atoms with van der Waals surface area (Å²) in [6.45, 7) is 1.79. The summed E-state index contributed by atoms with van der Waals surface area (Å²) in [6, 6.07) is 1.95. The van der Waals surface area contributed by atoms with Crippen LogP contribution < -0.4 is 0 Å². The van der Waals surface area contributed by atoms with Crippen LogP contribution in [-0.2, 0) is 6.54 Å². The van der Waals surface area contributed by atoms with Gasteiger partial charge in [0.2, 0.25) is 0 Å². The second-order valence-corrected chi connectivity index (χ2v) is 3.93. The molecule has 1 radical (unpaired) electrons. The van der Waals surface area contributed by atoms with Gasteiger partial charge in [-0.3, -0.25) is 4.68 Å². The number of aliphatic hydroxyl groups excluding tert-OH is 1. The van der Waals surface area contributed by atoms with E-state index >= 15 is 0 Å². The molecule has 0 aliphatic rings. The largest absolute Gasteiger partial charge is 0.390 e. The van der Waals surface area contributed by atoms with Gasteiger partial charge in [0.15, 0.2) is 0 Å². The lowest BCUT2D eigenvalue weighted by atomic mass is 10.2. The fourth-order valence-corrected chi connectivity index (χ4v) is 1.90. The number of rotatable bonds is 4. The highest BCUT2D eigenvalue weighted by atomic mass is 16.3. The number of nitrogens with zero attached hydrogens (tertiary/aromatic N) is 4. The lowest BCUT2D eigenvalue weighted by molar-refractivity contribution is 0.360. The minimum Gasteiger partial charge on any atom is -0.390 e. The first-order chi connectivity index (χ1) is 8.88. The minimum atomic E-state index is 0.574. The Balaban J connectivity index is 1.98. The van der Waals surface area contributed by atoms with Crippen LogP contribution in [-0.4, -0.2) is 29.8 Å². The maximum absolute atomic E-state index is 8.67. The molecular formula is C12H12N5O. The van der Waals surface area contributed by atoms with Crippen molar-refractivity contribution in [1.29, 1.82) is 0 Å².